The standard InChI is InChI=1S/C39H27N3S/c1-2-12-24(13-3-1)34-28-16-5-8-18-31(28)40-38(41-34)42-32-19-9-6-14-25(32)26-20-21-29-33-27-15-4-7-17-30(27)39(22-10-11-23-39)37(33)43-36(29)35(26)42/h1-9,12-21H,10-11,22-23H2. The molecule has 3 heterocycles. The Balaban J connectivity index is 1.35. The van der Waals surface area contributed by atoms with Crippen molar-refractivity contribution < 1.29 is 0 Å². The summed E-state index contributed by atoms with van der Waals surface area (Å²) in [5.74, 6) is 0.723. The number of benzene rings is 5. The first-order valence-electron chi connectivity index (χ1n) is 15.2. The summed E-state index contributed by atoms with van der Waals surface area (Å²) in [7, 11) is 0. The van der Waals surface area contributed by atoms with Crippen molar-refractivity contribution in [3.05, 3.63) is 126 Å². The van der Waals surface area contributed by atoms with Crippen LogP contribution in [-0.2, 0) is 5.41 Å². The molecule has 1 spiro atoms. The molecule has 0 bridgehead atoms. The second-order valence-electron chi connectivity index (χ2n) is 12.1. The third-order valence-electron chi connectivity index (χ3n) is 9.93. The van der Waals surface area contributed by atoms with Crippen LogP contribution < -0.4 is 0 Å². The molecule has 0 amide bonds. The lowest BCUT2D eigenvalue weighted by atomic mass is 9.81. The Labute approximate surface area is 253 Å². The van der Waals surface area contributed by atoms with E-state index >= 15 is 0 Å². The first kappa shape index (κ1) is 23.7. The van der Waals surface area contributed by atoms with Crippen molar-refractivity contribution in [3.63, 3.8) is 0 Å². The third kappa shape index (κ3) is 3.09. The minimum atomic E-state index is 0.151. The summed E-state index contributed by atoms with van der Waals surface area (Å²) in [6, 6.07) is 41.5. The molecule has 0 radical (unpaired) electrons. The predicted molar refractivity (Wildman–Crippen MR) is 179 cm³/mol. The minimum absolute atomic E-state index is 0.151. The van der Waals surface area contributed by atoms with E-state index < -0.39 is 0 Å². The molecule has 5 aromatic carbocycles. The zero-order valence-corrected chi connectivity index (χ0v) is 24.4. The lowest BCUT2D eigenvalue weighted by Crippen LogP contribution is -2.19. The number of hydrogen-bond acceptors (Lipinski definition) is 3. The van der Waals surface area contributed by atoms with Gasteiger partial charge in [0.1, 0.15) is 0 Å². The van der Waals surface area contributed by atoms with Crippen molar-refractivity contribution in [3.8, 4) is 28.3 Å². The van der Waals surface area contributed by atoms with Crippen LogP contribution in [0.25, 0.3) is 71.1 Å². The van der Waals surface area contributed by atoms with E-state index in [1.165, 1.54) is 63.2 Å². The van der Waals surface area contributed by atoms with E-state index in [9.17, 15) is 0 Å². The summed E-state index contributed by atoms with van der Waals surface area (Å²) in [5, 5.41) is 4.92. The molecule has 1 fully saturated rings. The Hall–Kier alpha value is -4.80. The molecule has 204 valence electrons. The quantitative estimate of drug-likeness (QED) is 0.207. The van der Waals surface area contributed by atoms with Gasteiger partial charge in [0.05, 0.1) is 26.9 Å². The van der Waals surface area contributed by atoms with Gasteiger partial charge in [0.2, 0.25) is 5.95 Å². The second-order valence-corrected chi connectivity index (χ2v) is 13.1. The zero-order chi connectivity index (χ0) is 28.1. The van der Waals surface area contributed by atoms with E-state index in [0.29, 0.717) is 0 Å². The highest BCUT2D eigenvalue weighted by atomic mass is 32.1. The van der Waals surface area contributed by atoms with Crippen molar-refractivity contribution in [2.24, 2.45) is 0 Å². The maximum Gasteiger partial charge on any atom is 0.235 e. The van der Waals surface area contributed by atoms with Gasteiger partial charge >= 0.3 is 0 Å². The smallest absolute Gasteiger partial charge is 0.235 e. The Morgan fingerprint density at radius 3 is 2.23 bits per heavy atom. The molecule has 4 heteroatoms. The van der Waals surface area contributed by atoms with Crippen LogP contribution in [0.5, 0.6) is 0 Å². The summed E-state index contributed by atoms with van der Waals surface area (Å²) in [4.78, 5) is 12.1. The van der Waals surface area contributed by atoms with Crippen LogP contribution in [0.2, 0.25) is 0 Å². The number of para-hydroxylation sites is 2. The fourth-order valence-electron chi connectivity index (χ4n) is 8.11. The molecular weight excluding hydrogens is 543 g/mol. The van der Waals surface area contributed by atoms with Gasteiger partial charge in [0.15, 0.2) is 0 Å². The summed E-state index contributed by atoms with van der Waals surface area (Å²) in [5.41, 5.74) is 9.97. The van der Waals surface area contributed by atoms with Gasteiger partial charge in [0, 0.05) is 43.0 Å². The van der Waals surface area contributed by atoms with Crippen LogP contribution in [-0.4, -0.2) is 14.5 Å². The number of thiophene rings is 1. The number of fused-ring (bicyclic) bond motifs is 12. The molecule has 10 rings (SSSR count). The van der Waals surface area contributed by atoms with Crippen LogP contribution >= 0.6 is 11.3 Å². The van der Waals surface area contributed by atoms with Crippen LogP contribution in [0, 0.1) is 0 Å². The number of nitrogens with zero attached hydrogens (tertiary/aromatic N) is 3. The Kier molecular flexibility index (Phi) is 4.76. The lowest BCUT2D eigenvalue weighted by Gasteiger charge is -2.25. The number of rotatable bonds is 2. The molecule has 3 nitrogen and oxygen atoms in total. The van der Waals surface area contributed by atoms with Gasteiger partial charge in [-0.25, -0.2) is 9.97 Å². The van der Waals surface area contributed by atoms with Crippen molar-refractivity contribution >= 4 is 54.1 Å². The molecule has 0 aliphatic heterocycles. The first-order chi connectivity index (χ1) is 21.3. The maximum atomic E-state index is 5.35. The maximum absolute atomic E-state index is 5.35. The van der Waals surface area contributed by atoms with Gasteiger partial charge in [-0.05, 0) is 36.1 Å². The number of hydrogen-bond donors (Lipinski definition) is 0. The van der Waals surface area contributed by atoms with Gasteiger partial charge in [-0.3, -0.25) is 4.57 Å². The molecule has 43 heavy (non-hydrogen) atoms. The van der Waals surface area contributed by atoms with E-state index in [1.54, 1.807) is 10.4 Å². The van der Waals surface area contributed by atoms with Crippen LogP contribution in [0.15, 0.2) is 115 Å². The topological polar surface area (TPSA) is 30.7 Å². The highest BCUT2D eigenvalue weighted by molar-refractivity contribution is 7.21. The Morgan fingerprint density at radius 2 is 1.35 bits per heavy atom. The average molecular weight is 570 g/mol. The van der Waals surface area contributed by atoms with E-state index in [0.717, 1.165) is 33.6 Å². The third-order valence-corrected chi connectivity index (χ3v) is 11.3. The van der Waals surface area contributed by atoms with Crippen molar-refractivity contribution in [1.82, 2.24) is 14.5 Å². The molecule has 2 aliphatic carbocycles. The van der Waals surface area contributed by atoms with Crippen molar-refractivity contribution in [1.29, 1.82) is 0 Å². The Bertz CT molecular complexity index is 2410. The van der Waals surface area contributed by atoms with Gasteiger partial charge in [-0.1, -0.05) is 116 Å². The first-order valence-corrected chi connectivity index (χ1v) is 16.1. The summed E-state index contributed by atoms with van der Waals surface area (Å²) < 4.78 is 3.68. The van der Waals surface area contributed by atoms with Gasteiger partial charge < -0.3 is 0 Å². The average Bonchev–Trinajstić information content (AvgIpc) is 3.83. The summed E-state index contributed by atoms with van der Waals surface area (Å²) >= 11 is 2.02. The normalized spacial score (nSPS) is 15.3. The van der Waals surface area contributed by atoms with E-state index in [2.05, 4.69) is 120 Å². The van der Waals surface area contributed by atoms with E-state index in [4.69, 9.17) is 9.97 Å². The molecule has 1 saturated carbocycles. The highest BCUT2D eigenvalue weighted by Gasteiger charge is 2.47. The molecule has 2 aliphatic rings. The van der Waals surface area contributed by atoms with Crippen LogP contribution in [0.1, 0.15) is 36.1 Å². The molecule has 3 aromatic heterocycles. The largest absolute Gasteiger partial charge is 0.276 e. The molecule has 0 N–H and O–H groups in total. The fraction of sp³-hybridized carbons (Fsp3) is 0.128. The number of aromatic nitrogens is 3. The molecular formula is C39H27N3S. The predicted octanol–water partition coefficient (Wildman–Crippen LogP) is 10.4. The highest BCUT2D eigenvalue weighted by Crippen LogP contribution is 2.62. The fourth-order valence-corrected chi connectivity index (χ4v) is 9.72. The van der Waals surface area contributed by atoms with Crippen LogP contribution in [0.4, 0.5) is 0 Å². The summed E-state index contributed by atoms with van der Waals surface area (Å²) in [6.45, 7) is 0. The minimum Gasteiger partial charge on any atom is -0.276 e. The van der Waals surface area contributed by atoms with E-state index in [1.807, 2.05) is 11.3 Å². The van der Waals surface area contributed by atoms with Crippen molar-refractivity contribution in [2.45, 2.75) is 31.1 Å². The lowest BCUT2D eigenvalue weighted by molar-refractivity contribution is 0.560. The Morgan fingerprint density at radius 1 is 0.628 bits per heavy atom. The van der Waals surface area contributed by atoms with Crippen LogP contribution in [0.3, 0.4) is 0 Å². The molecule has 0 unspecified atom stereocenters. The van der Waals surface area contributed by atoms with Gasteiger partial charge in [-0.15, -0.1) is 11.3 Å². The molecule has 0 atom stereocenters. The SMILES string of the molecule is c1ccc(-c2nc(-n3c4ccccc4c4ccc5c6c(sc5c43)C3(CCCC3)c3ccccc3-6)nc3ccccc23)cc1. The molecule has 0 saturated heterocycles. The summed E-state index contributed by atoms with van der Waals surface area (Å²) in [6.07, 6.45) is 5.07. The second kappa shape index (κ2) is 8.62. The monoisotopic (exact) mass is 569 g/mol. The van der Waals surface area contributed by atoms with Gasteiger partial charge in [0.25, 0.3) is 0 Å². The van der Waals surface area contributed by atoms with Gasteiger partial charge in [-0.2, -0.15) is 0 Å². The zero-order valence-electron chi connectivity index (χ0n) is 23.5. The van der Waals surface area contributed by atoms with Crippen molar-refractivity contribution in [2.75, 3.05) is 0 Å². The van der Waals surface area contributed by atoms with E-state index in [-0.39, 0.29) is 5.41 Å². The molecule has 8 aromatic rings.